The highest BCUT2D eigenvalue weighted by atomic mass is 16.7. The summed E-state index contributed by atoms with van der Waals surface area (Å²) in [6.07, 6.45) is 60.7. The standard InChI is InChI=1S/C59H103NO8/c1-3-5-7-9-11-13-15-17-19-21-23-25-26-27-29-30-32-34-36-38-40-42-44-46-48-53(62)52(51-67-59-58(66)57(65)56(64)54(50-61)68-59)60-55(63)49-47-45-43-41-39-37-35-33-31-28-24-22-20-18-16-14-12-10-8-6-4-2/h6,8,12,14,18,20,24,28,33,35,38,40,46,48,52-54,56-59,61-62,64-66H,3-5,7,9-11,13,15-17,19,21-23,25-27,29-32,34,36-37,39,41-45,47,49-51H2,1-2H3,(H,60,63)/b8-6-,14-12-,20-18-,28-24-,35-33-,40-38+,48-46+. The maximum atomic E-state index is 13.0. The summed E-state index contributed by atoms with van der Waals surface area (Å²) in [6.45, 7) is 3.64. The number of hydrogen-bond acceptors (Lipinski definition) is 8. The Bertz CT molecular complexity index is 1340. The number of ether oxygens (including phenoxy) is 2. The Kier molecular flexibility index (Phi) is 44.8. The molecule has 0 aromatic rings. The molecule has 0 bridgehead atoms. The largest absolute Gasteiger partial charge is 0.394 e. The molecule has 0 radical (unpaired) electrons. The Labute approximate surface area is 416 Å². The maximum Gasteiger partial charge on any atom is 0.220 e. The number of carbonyl (C=O) groups is 1. The van der Waals surface area contributed by atoms with Crippen LogP contribution in [0.1, 0.15) is 226 Å². The molecule has 7 unspecified atom stereocenters. The van der Waals surface area contributed by atoms with E-state index in [4.69, 9.17) is 9.47 Å². The summed E-state index contributed by atoms with van der Waals surface area (Å²) in [5, 5.41) is 54.4. The highest BCUT2D eigenvalue weighted by molar-refractivity contribution is 5.76. The lowest BCUT2D eigenvalue weighted by Gasteiger charge is -2.40. The van der Waals surface area contributed by atoms with Crippen LogP contribution in [0.5, 0.6) is 0 Å². The van der Waals surface area contributed by atoms with Gasteiger partial charge in [-0.3, -0.25) is 4.79 Å². The normalized spacial score (nSPS) is 20.2. The number of amides is 1. The molecule has 6 N–H and O–H groups in total. The number of nitrogens with one attached hydrogen (secondary N) is 1. The van der Waals surface area contributed by atoms with Crippen LogP contribution in [0.15, 0.2) is 85.1 Å². The van der Waals surface area contributed by atoms with E-state index in [9.17, 15) is 30.3 Å². The van der Waals surface area contributed by atoms with Gasteiger partial charge in [-0.1, -0.05) is 227 Å². The van der Waals surface area contributed by atoms with Crippen molar-refractivity contribution in [3.63, 3.8) is 0 Å². The summed E-state index contributed by atoms with van der Waals surface area (Å²) in [6, 6.07) is -0.838. The van der Waals surface area contributed by atoms with Crippen LogP contribution in [-0.4, -0.2) is 87.5 Å². The van der Waals surface area contributed by atoms with E-state index in [1.807, 2.05) is 6.08 Å². The fourth-order valence-electron chi connectivity index (χ4n) is 8.32. The van der Waals surface area contributed by atoms with Crippen LogP contribution < -0.4 is 5.32 Å². The first kappa shape index (κ1) is 63.4. The molecule has 9 nitrogen and oxygen atoms in total. The molecular weight excluding hydrogens is 851 g/mol. The van der Waals surface area contributed by atoms with Gasteiger partial charge >= 0.3 is 0 Å². The molecule has 0 saturated carbocycles. The molecule has 1 heterocycles. The number of rotatable bonds is 46. The molecule has 392 valence electrons. The van der Waals surface area contributed by atoms with Crippen molar-refractivity contribution in [1.82, 2.24) is 5.32 Å². The number of aliphatic hydroxyl groups excluding tert-OH is 5. The van der Waals surface area contributed by atoms with Gasteiger partial charge in [0.1, 0.15) is 24.4 Å². The average molecular weight is 954 g/mol. The third kappa shape index (κ3) is 37.2. The third-order valence-corrected chi connectivity index (χ3v) is 12.7. The number of hydrogen-bond donors (Lipinski definition) is 6. The highest BCUT2D eigenvalue weighted by Crippen LogP contribution is 2.23. The molecule has 68 heavy (non-hydrogen) atoms. The second-order valence-electron chi connectivity index (χ2n) is 19.0. The van der Waals surface area contributed by atoms with Gasteiger partial charge in [-0.05, 0) is 77.0 Å². The minimum Gasteiger partial charge on any atom is -0.394 e. The first-order valence-electron chi connectivity index (χ1n) is 27.8. The van der Waals surface area contributed by atoms with Crippen LogP contribution in [0, 0.1) is 0 Å². The molecule has 1 aliphatic heterocycles. The van der Waals surface area contributed by atoms with Crippen LogP contribution in [-0.2, 0) is 14.3 Å². The predicted molar refractivity (Wildman–Crippen MR) is 285 cm³/mol. The fraction of sp³-hybridized carbons (Fsp3) is 0.746. The summed E-state index contributed by atoms with van der Waals surface area (Å²) in [4.78, 5) is 13.0. The Morgan fingerprint density at radius 3 is 1.41 bits per heavy atom. The number of allylic oxidation sites excluding steroid dienone is 13. The molecule has 1 amide bonds. The van der Waals surface area contributed by atoms with Crippen LogP contribution in [0.3, 0.4) is 0 Å². The zero-order valence-electron chi connectivity index (χ0n) is 43.3. The highest BCUT2D eigenvalue weighted by Gasteiger charge is 2.44. The van der Waals surface area contributed by atoms with Gasteiger partial charge in [0.15, 0.2) is 6.29 Å². The minimum atomic E-state index is -1.58. The van der Waals surface area contributed by atoms with E-state index in [2.05, 4.69) is 92.1 Å². The van der Waals surface area contributed by atoms with Crippen molar-refractivity contribution in [1.29, 1.82) is 0 Å². The van der Waals surface area contributed by atoms with E-state index in [1.165, 1.54) is 116 Å². The maximum absolute atomic E-state index is 13.0. The molecule has 1 saturated heterocycles. The lowest BCUT2D eigenvalue weighted by atomic mass is 9.99. The Hall–Kier alpha value is -2.63. The van der Waals surface area contributed by atoms with Crippen LogP contribution >= 0.6 is 0 Å². The smallest absolute Gasteiger partial charge is 0.220 e. The van der Waals surface area contributed by atoms with Crippen molar-refractivity contribution in [3.8, 4) is 0 Å². The quantitative estimate of drug-likeness (QED) is 0.0261. The number of aliphatic hydroxyl groups is 5. The van der Waals surface area contributed by atoms with Gasteiger partial charge in [0.05, 0.1) is 25.4 Å². The van der Waals surface area contributed by atoms with Gasteiger partial charge in [-0.25, -0.2) is 0 Å². The first-order valence-corrected chi connectivity index (χ1v) is 27.8. The summed E-state index contributed by atoms with van der Waals surface area (Å²) < 4.78 is 11.2. The molecule has 1 aliphatic rings. The van der Waals surface area contributed by atoms with Crippen molar-refractivity contribution < 1.29 is 39.8 Å². The SMILES string of the molecule is CC/C=C\C/C=C\C/C=C\C/C=C\C/C=C\CCCCCCCC(=O)NC(COC1OC(CO)C(O)C(O)C1O)C(O)/C=C/CC/C=C/CCCCCCCCCCCCCCCCCCCC. The fourth-order valence-corrected chi connectivity index (χ4v) is 8.32. The van der Waals surface area contributed by atoms with E-state index in [1.54, 1.807) is 6.08 Å². The van der Waals surface area contributed by atoms with E-state index in [0.29, 0.717) is 6.42 Å². The second kappa shape index (κ2) is 48.0. The third-order valence-electron chi connectivity index (χ3n) is 12.7. The van der Waals surface area contributed by atoms with Crippen molar-refractivity contribution in [2.75, 3.05) is 13.2 Å². The minimum absolute atomic E-state index is 0.207. The van der Waals surface area contributed by atoms with Crippen molar-refractivity contribution in [2.45, 2.75) is 269 Å². The summed E-state index contributed by atoms with van der Waals surface area (Å²) >= 11 is 0. The molecule has 0 aromatic heterocycles. The summed E-state index contributed by atoms with van der Waals surface area (Å²) in [5.74, 6) is -0.207. The summed E-state index contributed by atoms with van der Waals surface area (Å²) in [5.41, 5.74) is 0. The Morgan fingerprint density at radius 1 is 0.515 bits per heavy atom. The molecule has 1 rings (SSSR count). The molecule has 1 fully saturated rings. The van der Waals surface area contributed by atoms with Gasteiger partial charge < -0.3 is 40.3 Å². The van der Waals surface area contributed by atoms with Crippen molar-refractivity contribution >= 4 is 5.91 Å². The van der Waals surface area contributed by atoms with Crippen LogP contribution in [0.2, 0.25) is 0 Å². The lowest BCUT2D eigenvalue weighted by Crippen LogP contribution is -2.60. The van der Waals surface area contributed by atoms with Gasteiger partial charge in [0.25, 0.3) is 0 Å². The van der Waals surface area contributed by atoms with E-state index in [0.717, 1.165) is 89.9 Å². The molecule has 0 aromatic carbocycles. The van der Waals surface area contributed by atoms with Gasteiger partial charge in [-0.2, -0.15) is 0 Å². The van der Waals surface area contributed by atoms with Crippen molar-refractivity contribution in [3.05, 3.63) is 85.1 Å². The molecule has 9 heteroatoms. The number of carbonyl (C=O) groups excluding carboxylic acids is 1. The number of unbranched alkanes of at least 4 members (excludes halogenated alkanes) is 24. The van der Waals surface area contributed by atoms with Gasteiger partial charge in [0, 0.05) is 6.42 Å². The lowest BCUT2D eigenvalue weighted by molar-refractivity contribution is -0.302. The Balaban J connectivity index is 2.30. The average Bonchev–Trinajstić information content (AvgIpc) is 3.34. The Morgan fingerprint density at radius 2 is 0.926 bits per heavy atom. The predicted octanol–water partition coefficient (Wildman–Crippen LogP) is 13.5. The molecule has 0 aliphatic carbocycles. The van der Waals surface area contributed by atoms with Crippen LogP contribution in [0.25, 0.3) is 0 Å². The van der Waals surface area contributed by atoms with E-state index in [-0.39, 0.29) is 12.5 Å². The van der Waals surface area contributed by atoms with Gasteiger partial charge in [-0.15, -0.1) is 0 Å². The zero-order valence-corrected chi connectivity index (χ0v) is 43.3. The first-order chi connectivity index (χ1) is 33.3. The van der Waals surface area contributed by atoms with Gasteiger partial charge in [0.2, 0.25) is 5.91 Å². The second-order valence-corrected chi connectivity index (χ2v) is 19.0. The van der Waals surface area contributed by atoms with E-state index < -0.39 is 49.5 Å². The summed E-state index contributed by atoms with van der Waals surface area (Å²) in [7, 11) is 0. The zero-order chi connectivity index (χ0) is 49.4. The van der Waals surface area contributed by atoms with E-state index >= 15 is 0 Å². The monoisotopic (exact) mass is 954 g/mol. The molecule has 0 spiro atoms. The van der Waals surface area contributed by atoms with Crippen LogP contribution in [0.4, 0.5) is 0 Å². The topological polar surface area (TPSA) is 149 Å². The molecule has 7 atom stereocenters. The van der Waals surface area contributed by atoms with Crippen molar-refractivity contribution in [2.24, 2.45) is 0 Å². The molecular formula is C59H103NO8.